The highest BCUT2D eigenvalue weighted by Crippen LogP contribution is 2.33. The molecule has 1 fully saturated rings. The Hall–Kier alpha value is -1.35. The SMILES string of the molecule is O=C(O)C1(c2ccccc2)CCCOC1. The van der Waals surface area contributed by atoms with Gasteiger partial charge in [0, 0.05) is 6.61 Å². The van der Waals surface area contributed by atoms with Gasteiger partial charge in [0.15, 0.2) is 0 Å². The van der Waals surface area contributed by atoms with E-state index in [4.69, 9.17) is 4.74 Å². The second-order valence-electron chi connectivity index (χ2n) is 3.91. The molecule has 15 heavy (non-hydrogen) atoms. The number of hydrogen-bond donors (Lipinski definition) is 1. The summed E-state index contributed by atoms with van der Waals surface area (Å²) in [5, 5.41) is 9.36. The van der Waals surface area contributed by atoms with Crippen LogP contribution >= 0.6 is 0 Å². The average molecular weight is 206 g/mol. The van der Waals surface area contributed by atoms with Gasteiger partial charge < -0.3 is 9.84 Å². The largest absolute Gasteiger partial charge is 0.481 e. The molecule has 1 atom stereocenters. The first kappa shape index (κ1) is 10.2. The van der Waals surface area contributed by atoms with Crippen LogP contribution in [-0.2, 0) is 14.9 Å². The van der Waals surface area contributed by atoms with Crippen molar-refractivity contribution in [3.05, 3.63) is 35.9 Å². The third kappa shape index (κ3) is 1.75. The van der Waals surface area contributed by atoms with Crippen LogP contribution in [0.5, 0.6) is 0 Å². The molecule has 0 radical (unpaired) electrons. The number of carboxylic acids is 1. The summed E-state index contributed by atoms with van der Waals surface area (Å²) in [6.07, 6.45) is 1.47. The molecule has 3 heteroatoms. The Morgan fingerprint density at radius 2 is 2.07 bits per heavy atom. The third-order valence-electron chi connectivity index (χ3n) is 2.98. The molecule has 0 aliphatic carbocycles. The highest BCUT2D eigenvalue weighted by Gasteiger charge is 2.42. The molecule has 1 unspecified atom stereocenters. The summed E-state index contributed by atoms with van der Waals surface area (Å²) in [6.45, 7) is 0.953. The monoisotopic (exact) mass is 206 g/mol. The van der Waals surface area contributed by atoms with E-state index < -0.39 is 11.4 Å². The standard InChI is InChI=1S/C12H14O3/c13-11(14)12(7-4-8-15-9-12)10-5-2-1-3-6-10/h1-3,5-6H,4,7-9H2,(H,13,14). The maximum absolute atomic E-state index is 11.4. The van der Waals surface area contributed by atoms with E-state index >= 15 is 0 Å². The van der Waals surface area contributed by atoms with Crippen molar-refractivity contribution >= 4 is 5.97 Å². The van der Waals surface area contributed by atoms with Gasteiger partial charge >= 0.3 is 5.97 Å². The Morgan fingerprint density at radius 3 is 2.60 bits per heavy atom. The zero-order valence-electron chi connectivity index (χ0n) is 8.48. The second-order valence-corrected chi connectivity index (χ2v) is 3.91. The van der Waals surface area contributed by atoms with Gasteiger partial charge in [0.1, 0.15) is 5.41 Å². The topological polar surface area (TPSA) is 46.5 Å². The number of aliphatic carboxylic acids is 1. The zero-order valence-corrected chi connectivity index (χ0v) is 8.48. The Labute approximate surface area is 88.7 Å². The molecule has 1 aromatic rings. The van der Waals surface area contributed by atoms with E-state index in [1.807, 2.05) is 30.3 Å². The maximum Gasteiger partial charge on any atom is 0.316 e. The summed E-state index contributed by atoms with van der Waals surface area (Å²) >= 11 is 0. The Bertz CT molecular complexity index is 339. The van der Waals surface area contributed by atoms with E-state index in [9.17, 15) is 9.90 Å². The van der Waals surface area contributed by atoms with Crippen molar-refractivity contribution in [1.82, 2.24) is 0 Å². The quantitative estimate of drug-likeness (QED) is 0.802. The van der Waals surface area contributed by atoms with Crippen LogP contribution in [0.3, 0.4) is 0 Å². The fraction of sp³-hybridized carbons (Fsp3) is 0.417. The van der Waals surface area contributed by atoms with Crippen LogP contribution in [0, 0.1) is 0 Å². The lowest BCUT2D eigenvalue weighted by atomic mass is 9.76. The van der Waals surface area contributed by atoms with Crippen molar-refractivity contribution in [3.63, 3.8) is 0 Å². The summed E-state index contributed by atoms with van der Waals surface area (Å²) in [5.41, 5.74) is 0.0108. The van der Waals surface area contributed by atoms with Crippen LogP contribution in [0.25, 0.3) is 0 Å². The van der Waals surface area contributed by atoms with Gasteiger partial charge in [-0.05, 0) is 18.4 Å². The zero-order chi connectivity index (χ0) is 10.7. The minimum absolute atomic E-state index is 0.284. The molecule has 0 saturated carbocycles. The van der Waals surface area contributed by atoms with E-state index in [1.54, 1.807) is 0 Å². The molecule has 0 amide bonds. The molecule has 0 bridgehead atoms. The molecule has 1 aliphatic rings. The molecule has 80 valence electrons. The molecule has 2 rings (SSSR count). The maximum atomic E-state index is 11.4. The molecule has 1 heterocycles. The smallest absolute Gasteiger partial charge is 0.316 e. The Kier molecular flexibility index (Phi) is 2.73. The molecule has 0 spiro atoms. The first-order chi connectivity index (χ1) is 7.26. The first-order valence-corrected chi connectivity index (χ1v) is 5.12. The summed E-state index contributed by atoms with van der Waals surface area (Å²) < 4.78 is 5.32. The summed E-state index contributed by atoms with van der Waals surface area (Å²) in [4.78, 5) is 11.4. The molecule has 1 aromatic carbocycles. The van der Waals surface area contributed by atoms with Crippen LogP contribution in [0.15, 0.2) is 30.3 Å². The molecular weight excluding hydrogens is 192 g/mol. The van der Waals surface area contributed by atoms with Crippen LogP contribution in [-0.4, -0.2) is 24.3 Å². The van der Waals surface area contributed by atoms with E-state index in [-0.39, 0.29) is 6.61 Å². The molecule has 0 aromatic heterocycles. The van der Waals surface area contributed by atoms with Gasteiger partial charge in [0.25, 0.3) is 0 Å². The molecule has 3 nitrogen and oxygen atoms in total. The minimum Gasteiger partial charge on any atom is -0.481 e. The number of ether oxygens (including phenoxy) is 1. The van der Waals surface area contributed by atoms with E-state index in [1.165, 1.54) is 0 Å². The van der Waals surface area contributed by atoms with Gasteiger partial charge in [-0.2, -0.15) is 0 Å². The van der Waals surface area contributed by atoms with E-state index in [2.05, 4.69) is 0 Å². The van der Waals surface area contributed by atoms with Gasteiger partial charge in [-0.15, -0.1) is 0 Å². The van der Waals surface area contributed by atoms with Gasteiger partial charge in [-0.25, -0.2) is 0 Å². The molecule has 1 saturated heterocycles. The highest BCUT2D eigenvalue weighted by molar-refractivity contribution is 5.81. The third-order valence-corrected chi connectivity index (χ3v) is 2.98. The number of carbonyl (C=O) groups is 1. The van der Waals surface area contributed by atoms with Gasteiger partial charge in [-0.1, -0.05) is 30.3 Å². The van der Waals surface area contributed by atoms with Crippen molar-refractivity contribution in [1.29, 1.82) is 0 Å². The lowest BCUT2D eigenvalue weighted by molar-refractivity contribution is -0.149. The number of rotatable bonds is 2. The lowest BCUT2D eigenvalue weighted by Gasteiger charge is -2.33. The lowest BCUT2D eigenvalue weighted by Crippen LogP contribution is -2.43. The second kappa shape index (κ2) is 4.03. The van der Waals surface area contributed by atoms with Crippen molar-refractivity contribution in [2.24, 2.45) is 0 Å². The molecule has 1 aliphatic heterocycles. The molecule has 1 N–H and O–H groups in total. The summed E-state index contributed by atoms with van der Waals surface area (Å²) in [5.74, 6) is -0.784. The van der Waals surface area contributed by atoms with Crippen LogP contribution in [0.4, 0.5) is 0 Å². The van der Waals surface area contributed by atoms with Gasteiger partial charge in [0.2, 0.25) is 0 Å². The van der Waals surface area contributed by atoms with Gasteiger partial charge in [0.05, 0.1) is 6.61 Å². The average Bonchev–Trinajstić information content (AvgIpc) is 2.31. The fourth-order valence-electron chi connectivity index (χ4n) is 2.07. The molecular formula is C12H14O3. The van der Waals surface area contributed by atoms with Crippen molar-refractivity contribution in [3.8, 4) is 0 Å². The normalized spacial score (nSPS) is 26.1. The predicted octanol–water partition coefficient (Wildman–Crippen LogP) is 1.82. The van der Waals surface area contributed by atoms with Crippen molar-refractivity contribution < 1.29 is 14.6 Å². The number of hydrogen-bond acceptors (Lipinski definition) is 2. The number of carboxylic acid groups (broad SMARTS) is 1. The Balaban J connectivity index is 2.38. The van der Waals surface area contributed by atoms with Crippen molar-refractivity contribution in [2.75, 3.05) is 13.2 Å². The number of benzene rings is 1. The summed E-state index contributed by atoms with van der Waals surface area (Å²) in [6, 6.07) is 9.36. The summed E-state index contributed by atoms with van der Waals surface area (Å²) in [7, 11) is 0. The van der Waals surface area contributed by atoms with E-state index in [0.29, 0.717) is 13.0 Å². The van der Waals surface area contributed by atoms with Crippen LogP contribution < -0.4 is 0 Å². The van der Waals surface area contributed by atoms with E-state index in [0.717, 1.165) is 12.0 Å². The fourth-order valence-corrected chi connectivity index (χ4v) is 2.07. The van der Waals surface area contributed by atoms with Crippen LogP contribution in [0.2, 0.25) is 0 Å². The highest BCUT2D eigenvalue weighted by atomic mass is 16.5. The van der Waals surface area contributed by atoms with Crippen LogP contribution in [0.1, 0.15) is 18.4 Å². The van der Waals surface area contributed by atoms with Gasteiger partial charge in [-0.3, -0.25) is 4.79 Å². The first-order valence-electron chi connectivity index (χ1n) is 5.12. The predicted molar refractivity (Wildman–Crippen MR) is 55.8 cm³/mol. The van der Waals surface area contributed by atoms with Crippen molar-refractivity contribution in [2.45, 2.75) is 18.3 Å². The minimum atomic E-state index is -0.834. The Morgan fingerprint density at radius 1 is 1.33 bits per heavy atom.